The van der Waals surface area contributed by atoms with Gasteiger partial charge in [-0.1, -0.05) is 35.3 Å². The van der Waals surface area contributed by atoms with Gasteiger partial charge in [0.15, 0.2) is 0 Å². The minimum atomic E-state index is -0.581. The molecule has 2 aromatic rings. The van der Waals surface area contributed by atoms with Crippen molar-refractivity contribution < 1.29 is 9.59 Å². The Morgan fingerprint density at radius 3 is 2.71 bits per heavy atom. The van der Waals surface area contributed by atoms with Crippen molar-refractivity contribution >= 4 is 52.1 Å². The van der Waals surface area contributed by atoms with Gasteiger partial charge in [0, 0.05) is 12.7 Å². The first-order valence-electron chi connectivity index (χ1n) is 7.33. The molecule has 3 rings (SSSR count). The van der Waals surface area contributed by atoms with Crippen LogP contribution in [0.3, 0.4) is 0 Å². The molecule has 0 fully saturated rings. The number of anilines is 3. The van der Waals surface area contributed by atoms with Gasteiger partial charge in [-0.25, -0.2) is 0 Å². The lowest BCUT2D eigenvalue weighted by atomic mass is 10.1. The standard InChI is InChI=1S/C17H15Cl2N3O2/c1-22-14-5-3-2-4-13(14)21-17(24)15(22)9-16(23)20-10-6-7-11(18)12(19)8-10/h2-8,15H,9H2,1H3,(H,20,23)(H,21,24). The van der Waals surface area contributed by atoms with Gasteiger partial charge < -0.3 is 15.5 Å². The zero-order chi connectivity index (χ0) is 17.3. The first kappa shape index (κ1) is 16.6. The number of likely N-dealkylation sites (N-methyl/N-ethyl adjacent to an activating group) is 1. The van der Waals surface area contributed by atoms with E-state index in [0.29, 0.717) is 15.7 Å². The molecule has 1 unspecified atom stereocenters. The van der Waals surface area contributed by atoms with Crippen LogP contribution in [0.1, 0.15) is 6.42 Å². The molecule has 2 aromatic carbocycles. The number of amides is 2. The molecule has 1 heterocycles. The Hall–Kier alpha value is -2.24. The first-order valence-corrected chi connectivity index (χ1v) is 8.09. The molecule has 24 heavy (non-hydrogen) atoms. The van der Waals surface area contributed by atoms with Gasteiger partial charge in [0.1, 0.15) is 6.04 Å². The summed E-state index contributed by atoms with van der Waals surface area (Å²) in [6, 6.07) is 11.7. The smallest absolute Gasteiger partial charge is 0.247 e. The molecule has 0 aliphatic carbocycles. The topological polar surface area (TPSA) is 61.4 Å². The number of carbonyl (C=O) groups excluding carboxylic acids is 2. The number of fused-ring (bicyclic) bond motifs is 1. The number of benzene rings is 2. The minimum absolute atomic E-state index is 0.0247. The van der Waals surface area contributed by atoms with E-state index >= 15 is 0 Å². The van der Waals surface area contributed by atoms with E-state index in [2.05, 4.69) is 10.6 Å². The molecule has 7 heteroatoms. The molecule has 0 saturated heterocycles. The lowest BCUT2D eigenvalue weighted by Crippen LogP contribution is -2.47. The second-order valence-corrected chi connectivity index (χ2v) is 6.33. The van der Waals surface area contributed by atoms with Crippen molar-refractivity contribution in [1.29, 1.82) is 0 Å². The molecule has 2 N–H and O–H groups in total. The van der Waals surface area contributed by atoms with Crippen molar-refractivity contribution in [3.05, 3.63) is 52.5 Å². The maximum Gasteiger partial charge on any atom is 0.247 e. The summed E-state index contributed by atoms with van der Waals surface area (Å²) in [5.74, 6) is -0.486. The van der Waals surface area contributed by atoms with Crippen LogP contribution in [0.4, 0.5) is 17.1 Å². The second-order valence-electron chi connectivity index (χ2n) is 5.51. The van der Waals surface area contributed by atoms with Crippen LogP contribution in [0.2, 0.25) is 10.0 Å². The molecule has 0 radical (unpaired) electrons. The molecule has 0 saturated carbocycles. The monoisotopic (exact) mass is 363 g/mol. The molecule has 0 aromatic heterocycles. The Kier molecular flexibility index (Phi) is 4.64. The number of halogens is 2. The van der Waals surface area contributed by atoms with Gasteiger partial charge in [-0.05, 0) is 30.3 Å². The van der Waals surface area contributed by atoms with Crippen LogP contribution < -0.4 is 15.5 Å². The molecular formula is C17H15Cl2N3O2. The maximum atomic E-state index is 12.3. The van der Waals surface area contributed by atoms with E-state index in [0.717, 1.165) is 11.4 Å². The fraction of sp³-hybridized carbons (Fsp3) is 0.176. The molecule has 0 bridgehead atoms. The summed E-state index contributed by atoms with van der Waals surface area (Å²) in [7, 11) is 1.80. The van der Waals surface area contributed by atoms with Crippen LogP contribution in [0.15, 0.2) is 42.5 Å². The van der Waals surface area contributed by atoms with Crippen LogP contribution >= 0.6 is 23.2 Å². The number of hydrogen-bond donors (Lipinski definition) is 2. The Bertz CT molecular complexity index is 810. The van der Waals surface area contributed by atoms with Crippen molar-refractivity contribution in [2.75, 3.05) is 22.6 Å². The predicted molar refractivity (Wildman–Crippen MR) is 97.0 cm³/mol. The predicted octanol–water partition coefficient (Wildman–Crippen LogP) is 3.78. The summed E-state index contributed by atoms with van der Waals surface area (Å²) in [5.41, 5.74) is 2.16. The van der Waals surface area contributed by atoms with Gasteiger partial charge in [-0.15, -0.1) is 0 Å². The molecule has 0 spiro atoms. The zero-order valence-corrected chi connectivity index (χ0v) is 14.4. The largest absolute Gasteiger partial charge is 0.361 e. The normalized spacial score (nSPS) is 16.4. The number of para-hydroxylation sites is 2. The van der Waals surface area contributed by atoms with Crippen LogP contribution in [0.5, 0.6) is 0 Å². The molecule has 124 valence electrons. The molecule has 1 aliphatic heterocycles. The molecule has 2 amide bonds. The summed E-state index contributed by atoms with van der Waals surface area (Å²) in [6.07, 6.45) is 0.0247. The number of carbonyl (C=O) groups is 2. The number of rotatable bonds is 3. The Labute approximate surface area is 149 Å². The van der Waals surface area contributed by atoms with Crippen LogP contribution in [-0.4, -0.2) is 24.9 Å². The zero-order valence-electron chi connectivity index (χ0n) is 12.8. The second kappa shape index (κ2) is 6.71. The van der Waals surface area contributed by atoms with E-state index in [9.17, 15) is 9.59 Å². The summed E-state index contributed by atoms with van der Waals surface area (Å²) >= 11 is 11.8. The third kappa shape index (κ3) is 3.32. The number of nitrogens with zero attached hydrogens (tertiary/aromatic N) is 1. The van der Waals surface area contributed by atoms with Crippen molar-refractivity contribution in [2.24, 2.45) is 0 Å². The summed E-state index contributed by atoms with van der Waals surface area (Å²) < 4.78 is 0. The minimum Gasteiger partial charge on any atom is -0.361 e. The number of hydrogen-bond acceptors (Lipinski definition) is 3. The highest BCUT2D eigenvalue weighted by Crippen LogP contribution is 2.31. The van der Waals surface area contributed by atoms with Gasteiger partial charge in [-0.3, -0.25) is 9.59 Å². The van der Waals surface area contributed by atoms with Gasteiger partial charge in [-0.2, -0.15) is 0 Å². The van der Waals surface area contributed by atoms with Crippen molar-refractivity contribution in [1.82, 2.24) is 0 Å². The van der Waals surface area contributed by atoms with Gasteiger partial charge in [0.2, 0.25) is 11.8 Å². The highest BCUT2D eigenvalue weighted by atomic mass is 35.5. The van der Waals surface area contributed by atoms with Crippen LogP contribution in [0.25, 0.3) is 0 Å². The molecular weight excluding hydrogens is 349 g/mol. The van der Waals surface area contributed by atoms with Crippen molar-refractivity contribution in [3.8, 4) is 0 Å². The summed E-state index contributed by atoms with van der Waals surface area (Å²) in [6.45, 7) is 0. The van der Waals surface area contributed by atoms with Crippen molar-refractivity contribution in [3.63, 3.8) is 0 Å². The van der Waals surface area contributed by atoms with E-state index in [-0.39, 0.29) is 18.2 Å². The van der Waals surface area contributed by atoms with Gasteiger partial charge >= 0.3 is 0 Å². The quantitative estimate of drug-likeness (QED) is 0.872. The SMILES string of the molecule is CN1c2ccccc2NC(=O)C1CC(=O)Nc1ccc(Cl)c(Cl)c1. The molecule has 1 aliphatic rings. The summed E-state index contributed by atoms with van der Waals surface area (Å²) in [4.78, 5) is 26.4. The molecule has 1 atom stereocenters. The summed E-state index contributed by atoms with van der Waals surface area (Å²) in [5, 5.41) is 6.33. The van der Waals surface area contributed by atoms with E-state index < -0.39 is 6.04 Å². The Balaban J connectivity index is 1.72. The van der Waals surface area contributed by atoms with Crippen LogP contribution in [-0.2, 0) is 9.59 Å². The lowest BCUT2D eigenvalue weighted by Gasteiger charge is -2.34. The highest BCUT2D eigenvalue weighted by molar-refractivity contribution is 6.42. The maximum absolute atomic E-state index is 12.3. The third-order valence-corrected chi connectivity index (χ3v) is 4.63. The van der Waals surface area contributed by atoms with E-state index in [4.69, 9.17) is 23.2 Å². The fourth-order valence-electron chi connectivity index (χ4n) is 2.64. The Morgan fingerprint density at radius 2 is 1.96 bits per heavy atom. The highest BCUT2D eigenvalue weighted by Gasteiger charge is 2.32. The van der Waals surface area contributed by atoms with E-state index in [1.54, 1.807) is 25.2 Å². The van der Waals surface area contributed by atoms with E-state index in [1.807, 2.05) is 29.2 Å². The molecule has 5 nitrogen and oxygen atoms in total. The number of nitrogens with one attached hydrogen (secondary N) is 2. The third-order valence-electron chi connectivity index (χ3n) is 3.89. The van der Waals surface area contributed by atoms with Crippen LogP contribution in [0, 0.1) is 0 Å². The van der Waals surface area contributed by atoms with Gasteiger partial charge in [0.05, 0.1) is 27.8 Å². The Morgan fingerprint density at radius 1 is 1.21 bits per heavy atom. The van der Waals surface area contributed by atoms with Crippen molar-refractivity contribution in [2.45, 2.75) is 12.5 Å². The lowest BCUT2D eigenvalue weighted by molar-refractivity contribution is -0.122. The average Bonchev–Trinajstić information content (AvgIpc) is 2.55. The fourth-order valence-corrected chi connectivity index (χ4v) is 2.94. The van der Waals surface area contributed by atoms with Gasteiger partial charge in [0.25, 0.3) is 0 Å². The first-order chi connectivity index (χ1) is 11.5. The van der Waals surface area contributed by atoms with E-state index in [1.165, 1.54) is 0 Å². The average molecular weight is 364 g/mol.